The van der Waals surface area contributed by atoms with Crippen LogP contribution >= 0.6 is 0 Å². The van der Waals surface area contributed by atoms with Crippen LogP contribution in [0, 0.1) is 0 Å². The number of nitrogens with zero attached hydrogens (tertiary/aromatic N) is 3. The summed E-state index contributed by atoms with van der Waals surface area (Å²) in [6, 6.07) is 66.3. The molecule has 0 unspecified atom stereocenters. The van der Waals surface area contributed by atoms with E-state index in [-0.39, 0.29) is 0 Å². The maximum atomic E-state index is 4.69. The second-order valence-electron chi connectivity index (χ2n) is 15.1. The van der Waals surface area contributed by atoms with Crippen LogP contribution in [-0.4, -0.2) is 15.0 Å². The second-order valence-corrected chi connectivity index (χ2v) is 15.1. The molecule has 12 aromatic rings. The number of pyridine rings is 1. The van der Waals surface area contributed by atoms with Crippen LogP contribution in [-0.2, 0) is 0 Å². The summed E-state index contributed by atoms with van der Waals surface area (Å²) in [5.41, 5.74) is 7.97. The summed E-state index contributed by atoms with van der Waals surface area (Å²) in [4.78, 5) is 13.8. The Morgan fingerprint density at radius 1 is 0.241 bits per heavy atom. The highest BCUT2D eigenvalue weighted by Crippen LogP contribution is 2.44. The smallest absolute Gasteiger partial charge is 0.159 e. The SMILES string of the molecule is c1ccc(-c2cccc3c(-c4ccc5c(c4)c4ccccc4c4cccc(-c6ccc7c8cc(-c9ncccn9)ccc8c8ccccc8c7c6)c45)cccc23)nc1. The Morgan fingerprint density at radius 3 is 1.36 bits per heavy atom. The van der Waals surface area contributed by atoms with Crippen LogP contribution in [0.2, 0.25) is 0 Å². The van der Waals surface area contributed by atoms with Gasteiger partial charge in [-0.1, -0.05) is 146 Å². The number of fused-ring (bicyclic) bond motifs is 13. The number of hydrogen-bond acceptors (Lipinski definition) is 3. The summed E-state index contributed by atoms with van der Waals surface area (Å²) >= 11 is 0. The normalized spacial score (nSPS) is 11.8. The molecule has 3 nitrogen and oxygen atoms in total. The highest BCUT2D eigenvalue weighted by molar-refractivity contribution is 6.30. The number of hydrogen-bond donors (Lipinski definition) is 0. The van der Waals surface area contributed by atoms with Crippen LogP contribution in [0.5, 0.6) is 0 Å². The van der Waals surface area contributed by atoms with Gasteiger partial charge in [0.15, 0.2) is 5.82 Å². The molecule has 2 heterocycles. The molecule has 58 heavy (non-hydrogen) atoms. The maximum absolute atomic E-state index is 4.69. The number of rotatable bonds is 4. The quantitative estimate of drug-likeness (QED) is 0.169. The number of benzene rings is 10. The van der Waals surface area contributed by atoms with Crippen LogP contribution < -0.4 is 0 Å². The minimum Gasteiger partial charge on any atom is -0.256 e. The van der Waals surface area contributed by atoms with Crippen molar-refractivity contribution in [2.24, 2.45) is 0 Å². The van der Waals surface area contributed by atoms with E-state index in [0.29, 0.717) is 0 Å². The predicted octanol–water partition coefficient (Wildman–Crippen LogP) is 14.6. The van der Waals surface area contributed by atoms with Gasteiger partial charge in [0.2, 0.25) is 0 Å². The van der Waals surface area contributed by atoms with Crippen LogP contribution in [0.1, 0.15) is 0 Å². The zero-order valence-electron chi connectivity index (χ0n) is 31.4. The topological polar surface area (TPSA) is 38.7 Å². The van der Waals surface area contributed by atoms with E-state index in [1.807, 2.05) is 18.3 Å². The van der Waals surface area contributed by atoms with Gasteiger partial charge < -0.3 is 0 Å². The molecule has 0 bridgehead atoms. The van der Waals surface area contributed by atoms with Gasteiger partial charge in [-0.3, -0.25) is 4.98 Å². The van der Waals surface area contributed by atoms with Gasteiger partial charge in [0.25, 0.3) is 0 Å². The zero-order valence-corrected chi connectivity index (χ0v) is 31.4. The lowest BCUT2D eigenvalue weighted by atomic mass is 9.86. The van der Waals surface area contributed by atoms with Gasteiger partial charge >= 0.3 is 0 Å². The second kappa shape index (κ2) is 12.9. The Hall–Kier alpha value is -7.75. The van der Waals surface area contributed by atoms with E-state index in [2.05, 4.69) is 180 Å². The molecule has 0 amide bonds. The monoisotopic (exact) mass is 735 g/mol. The largest absolute Gasteiger partial charge is 0.256 e. The summed E-state index contributed by atoms with van der Waals surface area (Å²) in [6.45, 7) is 0. The molecule has 2 aromatic heterocycles. The summed E-state index contributed by atoms with van der Waals surface area (Å²) in [6.07, 6.45) is 5.47. The van der Waals surface area contributed by atoms with Crippen LogP contribution in [0.3, 0.4) is 0 Å². The van der Waals surface area contributed by atoms with Crippen LogP contribution in [0.15, 0.2) is 201 Å². The first-order valence-electron chi connectivity index (χ1n) is 19.8. The number of aromatic nitrogens is 3. The molecule has 0 saturated carbocycles. The Kier molecular flexibility index (Phi) is 7.23. The van der Waals surface area contributed by atoms with Crippen LogP contribution in [0.4, 0.5) is 0 Å². The fourth-order valence-electron chi connectivity index (χ4n) is 9.43. The van der Waals surface area contributed by atoms with E-state index < -0.39 is 0 Å². The molecule has 0 saturated heterocycles. The minimum atomic E-state index is 0.732. The Bertz CT molecular complexity index is 3610. The first-order valence-corrected chi connectivity index (χ1v) is 19.8. The standard InChI is InChI=1S/C55H33N3/c1-3-13-43-40(11-1)45-26-24-36(55-57-29-10-30-58-55)33-51(45)46-25-22-35(32-50(43)46)38-16-8-20-48-42-12-2-4-14-44(42)52-31-34(23-27-49(52)54(38)48)37-15-7-18-41-39(37)17-9-19-47(41)53-21-5-6-28-56-53/h1-33H. The molecule has 0 spiro atoms. The summed E-state index contributed by atoms with van der Waals surface area (Å²) < 4.78 is 0. The molecular formula is C55H33N3. The molecule has 0 N–H and O–H groups in total. The third kappa shape index (κ3) is 4.97. The first-order chi connectivity index (χ1) is 28.8. The molecule has 12 rings (SSSR count). The molecular weight excluding hydrogens is 703 g/mol. The molecule has 0 aliphatic rings. The van der Waals surface area contributed by atoms with Crippen molar-refractivity contribution in [2.45, 2.75) is 0 Å². The maximum Gasteiger partial charge on any atom is 0.159 e. The summed E-state index contributed by atoms with van der Waals surface area (Å²) in [5.74, 6) is 0.732. The van der Waals surface area contributed by atoms with Gasteiger partial charge in [-0.2, -0.15) is 0 Å². The third-order valence-electron chi connectivity index (χ3n) is 12.0. The average molecular weight is 736 g/mol. The van der Waals surface area contributed by atoms with Crippen molar-refractivity contribution in [3.05, 3.63) is 201 Å². The van der Waals surface area contributed by atoms with Gasteiger partial charge in [-0.25, -0.2) is 9.97 Å². The first kappa shape index (κ1) is 32.5. The van der Waals surface area contributed by atoms with E-state index in [4.69, 9.17) is 4.98 Å². The van der Waals surface area contributed by atoms with Crippen molar-refractivity contribution in [1.82, 2.24) is 15.0 Å². The van der Waals surface area contributed by atoms with E-state index in [9.17, 15) is 0 Å². The lowest BCUT2D eigenvalue weighted by Crippen LogP contribution is -1.91. The zero-order chi connectivity index (χ0) is 38.2. The van der Waals surface area contributed by atoms with Gasteiger partial charge in [-0.15, -0.1) is 0 Å². The lowest BCUT2D eigenvalue weighted by molar-refractivity contribution is 1.18. The van der Waals surface area contributed by atoms with Crippen molar-refractivity contribution in [3.63, 3.8) is 0 Å². The molecule has 0 aliphatic carbocycles. The highest BCUT2D eigenvalue weighted by Gasteiger charge is 2.17. The van der Waals surface area contributed by atoms with Crippen molar-refractivity contribution < 1.29 is 0 Å². The molecule has 268 valence electrons. The molecule has 10 aromatic carbocycles. The van der Waals surface area contributed by atoms with Crippen molar-refractivity contribution >= 4 is 75.4 Å². The average Bonchev–Trinajstić information content (AvgIpc) is 3.31. The predicted molar refractivity (Wildman–Crippen MR) is 244 cm³/mol. The van der Waals surface area contributed by atoms with E-state index in [1.165, 1.54) is 97.7 Å². The van der Waals surface area contributed by atoms with E-state index in [0.717, 1.165) is 22.6 Å². The van der Waals surface area contributed by atoms with Gasteiger partial charge in [0.05, 0.1) is 5.69 Å². The molecule has 0 atom stereocenters. The van der Waals surface area contributed by atoms with Crippen molar-refractivity contribution in [2.75, 3.05) is 0 Å². The molecule has 0 radical (unpaired) electrons. The van der Waals surface area contributed by atoms with Crippen LogP contribution in [0.25, 0.3) is 120 Å². The molecule has 0 aliphatic heterocycles. The Labute approximate surface area is 334 Å². The lowest BCUT2D eigenvalue weighted by Gasteiger charge is -2.17. The minimum absolute atomic E-state index is 0.732. The van der Waals surface area contributed by atoms with Crippen molar-refractivity contribution in [1.29, 1.82) is 0 Å². The fraction of sp³-hybridized carbons (Fsp3) is 0. The highest BCUT2D eigenvalue weighted by atomic mass is 14.8. The molecule has 0 fully saturated rings. The van der Waals surface area contributed by atoms with Gasteiger partial charge in [0.1, 0.15) is 0 Å². The van der Waals surface area contributed by atoms with Gasteiger partial charge in [0, 0.05) is 29.7 Å². The summed E-state index contributed by atoms with van der Waals surface area (Å²) in [5, 5.41) is 17.3. The van der Waals surface area contributed by atoms with Gasteiger partial charge in [-0.05, 0) is 134 Å². The Balaban J connectivity index is 1.10. The summed E-state index contributed by atoms with van der Waals surface area (Å²) in [7, 11) is 0. The van der Waals surface area contributed by atoms with E-state index in [1.54, 1.807) is 12.4 Å². The molecule has 3 heteroatoms. The van der Waals surface area contributed by atoms with E-state index >= 15 is 0 Å². The third-order valence-corrected chi connectivity index (χ3v) is 12.0. The Morgan fingerprint density at radius 2 is 0.672 bits per heavy atom. The van der Waals surface area contributed by atoms with Crippen molar-refractivity contribution in [3.8, 4) is 44.9 Å². The fourth-order valence-corrected chi connectivity index (χ4v) is 9.43.